The molecule has 8 rings (SSSR count). The number of aliphatic hydroxyl groups is 2. The van der Waals surface area contributed by atoms with Crippen LogP contribution in [-0.2, 0) is 32.9 Å². The van der Waals surface area contributed by atoms with Gasteiger partial charge in [-0.05, 0) is 77.3 Å². The third-order valence-electron chi connectivity index (χ3n) is 12.6. The quantitative estimate of drug-likeness (QED) is 0.190. The van der Waals surface area contributed by atoms with Crippen molar-refractivity contribution >= 4 is 0 Å². The zero-order chi connectivity index (χ0) is 40.4. The van der Waals surface area contributed by atoms with Crippen molar-refractivity contribution in [1.29, 1.82) is 0 Å². The van der Waals surface area contributed by atoms with Crippen LogP contribution >= 0.6 is 0 Å². The van der Waals surface area contributed by atoms with Gasteiger partial charge in [-0.25, -0.2) is 0 Å². The van der Waals surface area contributed by atoms with Crippen molar-refractivity contribution in [2.24, 2.45) is 0 Å². The molecule has 2 nitrogen and oxygen atoms in total. The molecule has 0 aromatic heterocycles. The fourth-order valence-electron chi connectivity index (χ4n) is 9.12. The zero-order valence-electron chi connectivity index (χ0n) is 35.4. The molecule has 0 radical (unpaired) electrons. The van der Waals surface area contributed by atoms with E-state index in [0.29, 0.717) is 0 Å². The van der Waals surface area contributed by atoms with E-state index in [1.807, 2.05) is 12.1 Å². The third kappa shape index (κ3) is 5.74. The van der Waals surface area contributed by atoms with E-state index in [-0.39, 0.29) is 21.7 Å². The fraction of sp³-hybridized carbons (Fsp3) is 0.333. The summed E-state index contributed by atoms with van der Waals surface area (Å²) in [4.78, 5) is 0. The molecule has 56 heavy (non-hydrogen) atoms. The summed E-state index contributed by atoms with van der Waals surface area (Å²) in [6, 6.07) is 43.2. The molecule has 2 aliphatic rings. The molecule has 286 valence electrons. The van der Waals surface area contributed by atoms with Crippen LogP contribution in [0.1, 0.15) is 139 Å². The SMILES string of the molecule is CC(C)(C)c1ccc2c(c1)C(O)(c1ccccc1-c1ccccc1C1(O)c3cc(C(C)(C)C)ccc3-c3ccc(C(C)(C)C)cc31)c1cc(C(C)(C)C)ccc1-2. The van der Waals surface area contributed by atoms with Gasteiger partial charge in [0.05, 0.1) is 0 Å². The first-order chi connectivity index (χ1) is 26.1. The van der Waals surface area contributed by atoms with Crippen LogP contribution in [0.3, 0.4) is 0 Å². The summed E-state index contributed by atoms with van der Waals surface area (Å²) < 4.78 is 0. The molecule has 0 aliphatic heterocycles. The van der Waals surface area contributed by atoms with E-state index in [1.54, 1.807) is 0 Å². The molecule has 0 spiro atoms. The van der Waals surface area contributed by atoms with Crippen LogP contribution < -0.4 is 0 Å². The maximum atomic E-state index is 13.8. The van der Waals surface area contributed by atoms with E-state index in [4.69, 9.17) is 0 Å². The van der Waals surface area contributed by atoms with Gasteiger partial charge < -0.3 is 10.2 Å². The topological polar surface area (TPSA) is 40.5 Å². The monoisotopic (exact) mass is 738 g/mol. The molecule has 0 fully saturated rings. The standard InChI is InChI=1S/C54H58O2/c1-49(2,3)33-21-25-39-40-26-22-34(50(4,5)6)30-46(40)53(55,45(39)29-33)43-19-15-13-17-37(43)38-18-14-16-20-44(38)54(56)47-31-35(51(7,8)9)23-27-41(47)42-28-24-36(32-48(42)54)52(10,11)12/h13-32,55-56H,1-12H3. The Kier molecular flexibility index (Phi) is 8.42. The van der Waals surface area contributed by atoms with Crippen molar-refractivity contribution in [2.75, 3.05) is 0 Å². The maximum absolute atomic E-state index is 13.8. The highest BCUT2D eigenvalue weighted by Crippen LogP contribution is 2.57. The predicted octanol–water partition coefficient (Wildman–Crippen LogP) is 13.1. The minimum Gasteiger partial charge on any atom is -0.376 e. The summed E-state index contributed by atoms with van der Waals surface area (Å²) >= 11 is 0. The Morgan fingerprint density at radius 2 is 0.500 bits per heavy atom. The summed E-state index contributed by atoms with van der Waals surface area (Å²) in [5, 5.41) is 27.6. The Morgan fingerprint density at radius 1 is 0.286 bits per heavy atom. The average molecular weight is 739 g/mol. The summed E-state index contributed by atoms with van der Waals surface area (Å²) in [5.41, 5.74) is 12.6. The number of hydrogen-bond donors (Lipinski definition) is 2. The van der Waals surface area contributed by atoms with E-state index >= 15 is 0 Å². The lowest BCUT2D eigenvalue weighted by atomic mass is 9.74. The molecule has 0 heterocycles. The van der Waals surface area contributed by atoms with Gasteiger partial charge in [0.25, 0.3) is 0 Å². The van der Waals surface area contributed by atoms with Gasteiger partial charge in [0.15, 0.2) is 0 Å². The lowest BCUT2D eigenvalue weighted by molar-refractivity contribution is 0.129. The Morgan fingerprint density at radius 3 is 0.732 bits per heavy atom. The smallest absolute Gasteiger partial charge is 0.142 e. The van der Waals surface area contributed by atoms with Crippen LogP contribution in [0.25, 0.3) is 33.4 Å². The molecule has 0 bridgehead atoms. The normalized spacial score (nSPS) is 15.6. The van der Waals surface area contributed by atoms with Gasteiger partial charge in [0.1, 0.15) is 11.2 Å². The van der Waals surface area contributed by atoms with E-state index in [0.717, 1.165) is 66.8 Å². The van der Waals surface area contributed by atoms with Crippen LogP contribution in [0.15, 0.2) is 121 Å². The summed E-state index contributed by atoms with van der Waals surface area (Å²) in [5.74, 6) is 0. The molecule has 2 heteroatoms. The van der Waals surface area contributed by atoms with E-state index < -0.39 is 11.2 Å². The molecule has 0 saturated heterocycles. The van der Waals surface area contributed by atoms with Crippen LogP contribution in [0.5, 0.6) is 0 Å². The third-order valence-corrected chi connectivity index (χ3v) is 12.6. The molecule has 0 saturated carbocycles. The van der Waals surface area contributed by atoms with Crippen LogP contribution in [0.2, 0.25) is 0 Å². The number of fused-ring (bicyclic) bond motifs is 6. The van der Waals surface area contributed by atoms with E-state index in [1.165, 1.54) is 22.3 Å². The predicted molar refractivity (Wildman–Crippen MR) is 235 cm³/mol. The molecular formula is C54H58O2. The van der Waals surface area contributed by atoms with Crippen molar-refractivity contribution in [3.8, 4) is 33.4 Å². The van der Waals surface area contributed by atoms with Gasteiger partial charge in [-0.2, -0.15) is 0 Å². The fourth-order valence-corrected chi connectivity index (χ4v) is 9.12. The number of rotatable bonds is 3. The first-order valence-corrected chi connectivity index (χ1v) is 20.3. The Bertz CT molecular complexity index is 2230. The van der Waals surface area contributed by atoms with Gasteiger partial charge in [0, 0.05) is 33.4 Å². The number of benzene rings is 6. The second-order valence-corrected chi connectivity index (χ2v) is 20.6. The van der Waals surface area contributed by atoms with Crippen molar-refractivity contribution in [1.82, 2.24) is 0 Å². The minimum atomic E-state index is -1.45. The molecule has 2 N–H and O–H groups in total. The summed E-state index contributed by atoms with van der Waals surface area (Å²) in [6.07, 6.45) is 0. The summed E-state index contributed by atoms with van der Waals surface area (Å²) in [7, 11) is 0. The Labute approximate surface area is 335 Å². The highest BCUT2D eigenvalue weighted by atomic mass is 16.3. The molecule has 0 unspecified atom stereocenters. The molecular weight excluding hydrogens is 681 g/mol. The van der Waals surface area contributed by atoms with Gasteiger partial charge in [0.2, 0.25) is 0 Å². The second kappa shape index (κ2) is 12.4. The van der Waals surface area contributed by atoms with Gasteiger partial charge in [-0.3, -0.25) is 0 Å². The molecule has 0 amide bonds. The van der Waals surface area contributed by atoms with Crippen molar-refractivity contribution in [3.63, 3.8) is 0 Å². The highest BCUT2D eigenvalue weighted by molar-refractivity contribution is 5.89. The van der Waals surface area contributed by atoms with Crippen LogP contribution in [-0.4, -0.2) is 10.2 Å². The van der Waals surface area contributed by atoms with Gasteiger partial charge in [-0.1, -0.05) is 204 Å². The second-order valence-electron chi connectivity index (χ2n) is 20.6. The van der Waals surface area contributed by atoms with Crippen molar-refractivity contribution in [3.05, 3.63) is 177 Å². The van der Waals surface area contributed by atoms with Gasteiger partial charge >= 0.3 is 0 Å². The zero-order valence-corrected chi connectivity index (χ0v) is 35.4. The van der Waals surface area contributed by atoms with E-state index in [2.05, 4.69) is 192 Å². The van der Waals surface area contributed by atoms with Crippen molar-refractivity contribution in [2.45, 2.75) is 116 Å². The number of hydrogen-bond acceptors (Lipinski definition) is 2. The minimum absolute atomic E-state index is 0.113. The molecule has 6 aromatic rings. The summed E-state index contributed by atoms with van der Waals surface area (Å²) in [6.45, 7) is 26.7. The average Bonchev–Trinajstić information content (AvgIpc) is 3.55. The lowest BCUT2D eigenvalue weighted by Crippen LogP contribution is -2.30. The Balaban J connectivity index is 1.43. The largest absolute Gasteiger partial charge is 0.376 e. The lowest BCUT2D eigenvalue weighted by Gasteiger charge is -2.34. The molecule has 0 atom stereocenters. The highest BCUT2D eigenvalue weighted by Gasteiger charge is 2.48. The molecule has 6 aromatic carbocycles. The van der Waals surface area contributed by atoms with Crippen LogP contribution in [0, 0.1) is 0 Å². The van der Waals surface area contributed by atoms with Crippen molar-refractivity contribution < 1.29 is 10.2 Å². The maximum Gasteiger partial charge on any atom is 0.142 e. The van der Waals surface area contributed by atoms with E-state index in [9.17, 15) is 10.2 Å². The van der Waals surface area contributed by atoms with Gasteiger partial charge in [-0.15, -0.1) is 0 Å². The first kappa shape index (κ1) is 38.1. The first-order valence-electron chi connectivity index (χ1n) is 20.3. The van der Waals surface area contributed by atoms with Crippen LogP contribution in [0.4, 0.5) is 0 Å². The molecule has 2 aliphatic carbocycles. The Hall–Kier alpha value is -4.76.